The monoisotopic (exact) mass is 445 g/mol. The number of piperidine rings is 1. The van der Waals surface area contributed by atoms with Crippen molar-refractivity contribution in [2.24, 2.45) is 0 Å². The lowest BCUT2D eigenvalue weighted by Gasteiger charge is -2.32. The van der Waals surface area contributed by atoms with E-state index in [1.54, 1.807) is 7.11 Å². The molecule has 4 rings (SSSR count). The number of methoxy groups -OCH3 is 1. The Morgan fingerprint density at radius 2 is 1.97 bits per heavy atom. The number of ether oxygens (including phenoxy) is 2. The van der Waals surface area contributed by atoms with Gasteiger partial charge in [-0.05, 0) is 49.7 Å². The topological polar surface area (TPSA) is 64.8 Å². The quantitative estimate of drug-likeness (QED) is 0.541. The van der Waals surface area contributed by atoms with E-state index in [-0.39, 0.29) is 18.3 Å². The van der Waals surface area contributed by atoms with E-state index in [0.29, 0.717) is 36.6 Å². The molecular formula is C22H22F3N5O2. The Kier molecular flexibility index (Phi) is 6.19. The van der Waals surface area contributed by atoms with Crippen LogP contribution in [0.4, 0.5) is 13.2 Å². The predicted octanol–water partition coefficient (Wildman–Crippen LogP) is 3.54. The minimum atomic E-state index is -4.53. The number of hydrogen-bond acceptors (Lipinski definition) is 6. The number of terminal acetylenes is 1. The highest BCUT2D eigenvalue weighted by atomic mass is 19.4. The van der Waals surface area contributed by atoms with Gasteiger partial charge in [-0.25, -0.2) is 4.98 Å². The fraction of sp³-hybridized carbons (Fsp3) is 0.409. The van der Waals surface area contributed by atoms with Gasteiger partial charge in [-0.1, -0.05) is 12.0 Å². The van der Waals surface area contributed by atoms with E-state index in [1.807, 2.05) is 18.2 Å². The summed E-state index contributed by atoms with van der Waals surface area (Å²) >= 11 is 0. The zero-order chi connectivity index (χ0) is 22.7. The zero-order valence-electron chi connectivity index (χ0n) is 17.5. The summed E-state index contributed by atoms with van der Waals surface area (Å²) in [5.74, 6) is 3.52. The third-order valence-electron chi connectivity index (χ3n) is 5.51. The molecule has 0 saturated carbocycles. The Labute approximate surface area is 183 Å². The second-order valence-electron chi connectivity index (χ2n) is 7.56. The van der Waals surface area contributed by atoms with E-state index in [2.05, 4.69) is 25.9 Å². The molecule has 0 aliphatic carbocycles. The van der Waals surface area contributed by atoms with E-state index < -0.39 is 11.9 Å². The Bertz CT molecular complexity index is 1130. The smallest absolute Gasteiger partial charge is 0.433 e. The second kappa shape index (κ2) is 9.04. The number of benzene rings is 1. The van der Waals surface area contributed by atoms with Crippen molar-refractivity contribution in [1.29, 1.82) is 0 Å². The van der Waals surface area contributed by atoms with Crippen LogP contribution in [0.25, 0.3) is 5.78 Å². The average Bonchev–Trinajstić information content (AvgIpc) is 3.26. The van der Waals surface area contributed by atoms with Gasteiger partial charge in [-0.2, -0.15) is 27.8 Å². The number of fused-ring (bicyclic) bond motifs is 1. The lowest BCUT2D eigenvalue weighted by Crippen LogP contribution is -2.33. The standard InChI is InChI=1S/C22H22F3N5O2/c1-3-10-32-18-5-4-15(11-19(18)31-2)13-29-8-6-16(7-9-29)17-12-20(22(23,24)25)30-21(28-17)26-14-27-30/h1,4-5,11-12,14,16H,6-10,13H2,2H3. The van der Waals surface area contributed by atoms with Gasteiger partial charge >= 0.3 is 6.18 Å². The third-order valence-corrected chi connectivity index (χ3v) is 5.51. The molecule has 1 aliphatic heterocycles. The average molecular weight is 445 g/mol. The van der Waals surface area contributed by atoms with Crippen LogP contribution in [-0.4, -0.2) is 51.3 Å². The molecule has 1 saturated heterocycles. The maximum Gasteiger partial charge on any atom is 0.433 e. The third kappa shape index (κ3) is 4.62. The Balaban J connectivity index is 1.43. The molecule has 0 unspecified atom stereocenters. The molecule has 0 atom stereocenters. The number of aromatic nitrogens is 4. The van der Waals surface area contributed by atoms with E-state index in [4.69, 9.17) is 15.9 Å². The molecule has 1 aromatic carbocycles. The van der Waals surface area contributed by atoms with E-state index in [0.717, 1.165) is 35.6 Å². The molecule has 0 spiro atoms. The molecule has 10 heteroatoms. The molecule has 3 heterocycles. The van der Waals surface area contributed by atoms with Crippen molar-refractivity contribution < 1.29 is 22.6 Å². The van der Waals surface area contributed by atoms with Crippen molar-refractivity contribution in [2.45, 2.75) is 31.5 Å². The van der Waals surface area contributed by atoms with Gasteiger partial charge in [-0.3, -0.25) is 4.90 Å². The molecule has 2 aromatic heterocycles. The molecular weight excluding hydrogens is 423 g/mol. The number of nitrogens with zero attached hydrogens (tertiary/aromatic N) is 5. The molecule has 0 radical (unpaired) electrons. The van der Waals surface area contributed by atoms with E-state index in [9.17, 15) is 13.2 Å². The molecule has 168 valence electrons. The summed E-state index contributed by atoms with van der Waals surface area (Å²) < 4.78 is 52.0. The van der Waals surface area contributed by atoms with Crippen molar-refractivity contribution in [2.75, 3.05) is 26.8 Å². The summed E-state index contributed by atoms with van der Waals surface area (Å²) in [7, 11) is 1.57. The summed E-state index contributed by atoms with van der Waals surface area (Å²) in [5, 5.41) is 3.65. The number of halogens is 3. The fourth-order valence-corrected chi connectivity index (χ4v) is 3.94. The lowest BCUT2D eigenvalue weighted by molar-refractivity contribution is -0.142. The van der Waals surface area contributed by atoms with Crippen molar-refractivity contribution in [3.05, 3.63) is 47.5 Å². The van der Waals surface area contributed by atoms with Crippen LogP contribution in [0.5, 0.6) is 11.5 Å². The van der Waals surface area contributed by atoms with Crippen LogP contribution >= 0.6 is 0 Å². The van der Waals surface area contributed by atoms with Crippen LogP contribution in [0.3, 0.4) is 0 Å². The van der Waals surface area contributed by atoms with Crippen LogP contribution < -0.4 is 9.47 Å². The predicted molar refractivity (Wildman–Crippen MR) is 110 cm³/mol. The normalized spacial score (nSPS) is 15.6. The maximum atomic E-state index is 13.5. The molecule has 1 fully saturated rings. The first kappa shape index (κ1) is 21.9. The maximum absolute atomic E-state index is 13.5. The van der Waals surface area contributed by atoms with Crippen LogP contribution in [0.1, 0.15) is 35.7 Å². The van der Waals surface area contributed by atoms with Gasteiger partial charge in [0.25, 0.3) is 5.78 Å². The van der Waals surface area contributed by atoms with Crippen LogP contribution in [0.2, 0.25) is 0 Å². The minimum absolute atomic E-state index is 0.0310. The highest BCUT2D eigenvalue weighted by molar-refractivity contribution is 5.43. The summed E-state index contributed by atoms with van der Waals surface area (Å²) in [6.45, 7) is 2.34. The van der Waals surface area contributed by atoms with E-state index >= 15 is 0 Å². The van der Waals surface area contributed by atoms with Crippen molar-refractivity contribution >= 4 is 5.78 Å². The summed E-state index contributed by atoms with van der Waals surface area (Å²) in [4.78, 5) is 10.4. The highest BCUT2D eigenvalue weighted by Crippen LogP contribution is 2.34. The molecule has 3 aromatic rings. The van der Waals surface area contributed by atoms with Crippen LogP contribution in [-0.2, 0) is 12.7 Å². The van der Waals surface area contributed by atoms with Crippen molar-refractivity contribution in [3.63, 3.8) is 0 Å². The van der Waals surface area contributed by atoms with Gasteiger partial charge in [0.1, 0.15) is 12.9 Å². The first-order valence-corrected chi connectivity index (χ1v) is 10.1. The summed E-state index contributed by atoms with van der Waals surface area (Å²) in [5.41, 5.74) is 0.613. The second-order valence-corrected chi connectivity index (χ2v) is 7.56. The lowest BCUT2D eigenvalue weighted by atomic mass is 9.92. The fourth-order valence-electron chi connectivity index (χ4n) is 3.94. The molecule has 7 nitrogen and oxygen atoms in total. The molecule has 1 aliphatic rings. The van der Waals surface area contributed by atoms with Gasteiger partial charge in [0.05, 0.1) is 7.11 Å². The highest BCUT2D eigenvalue weighted by Gasteiger charge is 2.36. The van der Waals surface area contributed by atoms with Gasteiger partial charge in [0.15, 0.2) is 17.2 Å². The van der Waals surface area contributed by atoms with Crippen LogP contribution in [0, 0.1) is 12.3 Å². The van der Waals surface area contributed by atoms with Crippen molar-refractivity contribution in [1.82, 2.24) is 24.5 Å². The first-order chi connectivity index (χ1) is 15.4. The molecule has 0 bridgehead atoms. The van der Waals surface area contributed by atoms with Crippen molar-refractivity contribution in [3.8, 4) is 23.8 Å². The van der Waals surface area contributed by atoms with Gasteiger partial charge in [0.2, 0.25) is 0 Å². The zero-order valence-corrected chi connectivity index (χ0v) is 17.5. The van der Waals surface area contributed by atoms with E-state index in [1.165, 1.54) is 0 Å². The van der Waals surface area contributed by atoms with Gasteiger partial charge < -0.3 is 9.47 Å². The minimum Gasteiger partial charge on any atom is -0.493 e. The molecule has 0 amide bonds. The van der Waals surface area contributed by atoms with Crippen LogP contribution in [0.15, 0.2) is 30.6 Å². The Hall–Kier alpha value is -3.32. The summed E-state index contributed by atoms with van der Waals surface area (Å²) in [6, 6.07) is 6.79. The summed E-state index contributed by atoms with van der Waals surface area (Å²) in [6.07, 6.45) is 3.20. The largest absolute Gasteiger partial charge is 0.493 e. The first-order valence-electron chi connectivity index (χ1n) is 10.1. The number of alkyl halides is 3. The Morgan fingerprint density at radius 3 is 2.66 bits per heavy atom. The van der Waals surface area contributed by atoms with Gasteiger partial charge in [-0.15, -0.1) is 6.42 Å². The SMILES string of the molecule is C#CCOc1ccc(CN2CCC(c3cc(C(F)(F)F)n4ncnc4n3)CC2)cc1OC. The number of rotatable bonds is 6. The number of hydrogen-bond donors (Lipinski definition) is 0. The molecule has 32 heavy (non-hydrogen) atoms. The number of likely N-dealkylation sites (tertiary alicyclic amines) is 1. The Morgan fingerprint density at radius 1 is 1.19 bits per heavy atom. The molecule has 0 N–H and O–H groups in total. The van der Waals surface area contributed by atoms with Gasteiger partial charge in [0, 0.05) is 18.2 Å².